The van der Waals surface area contributed by atoms with Crippen LogP contribution in [0.2, 0.25) is 0 Å². The first-order valence-corrected chi connectivity index (χ1v) is 19.8. The molecule has 1 saturated carbocycles. The van der Waals surface area contributed by atoms with Crippen LogP contribution in [0.15, 0.2) is 45.8 Å². The van der Waals surface area contributed by atoms with Gasteiger partial charge in [0, 0.05) is 23.8 Å². The smallest absolute Gasteiger partial charge is 0.256 e. The van der Waals surface area contributed by atoms with Gasteiger partial charge in [-0.25, -0.2) is 0 Å². The molecule has 3 spiro atoms. The Morgan fingerprint density at radius 3 is 2.40 bits per heavy atom. The van der Waals surface area contributed by atoms with Crippen molar-refractivity contribution >= 4 is 29.0 Å². The van der Waals surface area contributed by atoms with Crippen molar-refractivity contribution in [3.8, 4) is 0 Å². The van der Waals surface area contributed by atoms with Crippen molar-refractivity contribution < 1.29 is 58.6 Å². The molecule has 1 amide bonds. The van der Waals surface area contributed by atoms with E-state index >= 15 is 14.4 Å². The van der Waals surface area contributed by atoms with E-state index in [1.165, 1.54) is 13.8 Å². The van der Waals surface area contributed by atoms with Gasteiger partial charge in [-0.2, -0.15) is 0 Å². The summed E-state index contributed by atoms with van der Waals surface area (Å²) >= 11 is 0. The van der Waals surface area contributed by atoms with Crippen molar-refractivity contribution in [2.24, 2.45) is 57.2 Å². The number of nitrogens with one attached hydrogen (secondary N) is 1. The van der Waals surface area contributed by atoms with E-state index in [-0.39, 0.29) is 47.6 Å². The van der Waals surface area contributed by atoms with Crippen LogP contribution in [-0.2, 0) is 38.2 Å². The molecule has 0 aromatic heterocycles. The van der Waals surface area contributed by atoms with Crippen LogP contribution in [0, 0.1) is 57.2 Å². The molecule has 0 aromatic carbocycles. The third-order valence-electron chi connectivity index (χ3n) is 16.7. The largest absolute Gasteiger partial charge is 0.504 e. The van der Waals surface area contributed by atoms with Gasteiger partial charge in [0.15, 0.2) is 23.1 Å². The fraction of sp³-hybridized carbons (Fsp3) is 0.690. The number of hydrogen-bond acceptors (Lipinski definition) is 12. The standard InChI is InChI=1S/C42H49NO12/c1-15(2)10-23-27-18(5)17(4)12-21-11-16(3)8-9-24(44)29-25-26(31(47)38(21,27)36(50)43-23)33-39-20(7)28(45)32(48)42(52,55-29)41(39,34(25)54-33)40(51)30(46)19(6)22-13-53-14-37(22,39)35(40)49/h11-12,15,18,21,23-27,29,33-34,44-45,51-52H,8-10,13-14H2,1-7H3,(H,43,50)/b16-11-/t18-,21+,23+,24-,25-,26-,27+,29-,33+,34-,37+,38+,39-,40+,41+,42-/m1/s1. The summed E-state index contributed by atoms with van der Waals surface area (Å²) < 4.78 is 19.5. The monoisotopic (exact) mass is 759 g/mol. The van der Waals surface area contributed by atoms with E-state index in [0.717, 1.165) is 11.1 Å². The second kappa shape index (κ2) is 10.4. The number of ether oxygens (including phenoxy) is 3. The summed E-state index contributed by atoms with van der Waals surface area (Å²) in [6, 6.07) is -0.370. The van der Waals surface area contributed by atoms with Gasteiger partial charge < -0.3 is 40.0 Å². The Morgan fingerprint density at radius 1 is 1.00 bits per heavy atom. The molecule has 5 N–H and O–H groups in total. The first-order chi connectivity index (χ1) is 25.8. The molecule has 0 unspecified atom stereocenters. The van der Waals surface area contributed by atoms with Gasteiger partial charge in [0.25, 0.3) is 5.78 Å². The molecule has 55 heavy (non-hydrogen) atoms. The molecule has 10 rings (SSSR count). The normalized spacial score (nSPS) is 54.1. The zero-order valence-corrected chi connectivity index (χ0v) is 32.1. The van der Waals surface area contributed by atoms with Crippen LogP contribution in [0.3, 0.4) is 0 Å². The van der Waals surface area contributed by atoms with Crippen LogP contribution in [0.4, 0.5) is 0 Å². The maximum atomic E-state index is 16.5. The minimum atomic E-state index is -3.27. The average molecular weight is 760 g/mol. The molecule has 0 radical (unpaired) electrons. The number of carbonyl (C=O) groups is 5. The summed E-state index contributed by atoms with van der Waals surface area (Å²) in [4.78, 5) is 76.2. The zero-order chi connectivity index (χ0) is 39.5. The summed E-state index contributed by atoms with van der Waals surface area (Å²) in [5.41, 5.74) is -9.56. The average Bonchev–Trinajstić information content (AvgIpc) is 3.91. The Bertz CT molecular complexity index is 2100. The summed E-state index contributed by atoms with van der Waals surface area (Å²) in [6.07, 6.45) is -1.11. The van der Waals surface area contributed by atoms with Gasteiger partial charge in [-0.1, -0.05) is 44.1 Å². The van der Waals surface area contributed by atoms with Gasteiger partial charge in [0.2, 0.25) is 17.3 Å². The third-order valence-corrected chi connectivity index (χ3v) is 16.7. The zero-order valence-electron chi connectivity index (χ0n) is 32.1. The van der Waals surface area contributed by atoms with E-state index in [2.05, 4.69) is 19.2 Å². The summed E-state index contributed by atoms with van der Waals surface area (Å²) in [5, 5.41) is 53.4. The number of aliphatic hydroxyl groups excluding tert-OH is 2. The molecule has 13 nitrogen and oxygen atoms in total. The van der Waals surface area contributed by atoms with Crippen molar-refractivity contribution in [2.75, 3.05) is 13.2 Å². The molecule has 5 saturated heterocycles. The lowest BCUT2D eigenvalue weighted by Gasteiger charge is -2.67. The molecular formula is C42H49NO12. The lowest BCUT2D eigenvalue weighted by Crippen LogP contribution is -2.84. The highest BCUT2D eigenvalue weighted by Crippen LogP contribution is 2.89. The lowest BCUT2D eigenvalue weighted by molar-refractivity contribution is -0.379. The van der Waals surface area contributed by atoms with Crippen molar-refractivity contribution in [3.63, 3.8) is 0 Å². The second-order valence-corrected chi connectivity index (χ2v) is 18.9. The number of rotatable bonds is 2. The molecule has 10 aliphatic rings. The quantitative estimate of drug-likeness (QED) is 0.202. The molecular weight excluding hydrogens is 710 g/mol. The molecule has 5 heterocycles. The van der Waals surface area contributed by atoms with E-state index in [9.17, 15) is 30.0 Å². The summed E-state index contributed by atoms with van der Waals surface area (Å²) in [7, 11) is 0. The number of ketones is 4. The molecule has 5 aliphatic carbocycles. The molecule has 13 heteroatoms. The minimum absolute atomic E-state index is 0.0230. The Kier molecular flexibility index (Phi) is 6.81. The topological polar surface area (TPSA) is 206 Å². The SMILES string of the molecule is CC1=C[C@@H]2/C=C(/C)CC[C@@H](O)[C@H]3O[C@]4(O)C(=O)C(O)=C(C)[C@]56[C@H]7O[C@H]([C@@H]3[C@@H]7C(=O)[C@]23C(=O)N[C@@H](CC(C)C)[C@@H]3[C@@H]1C)[C@@]54[C@]1(O)C(=O)C(C)=C2COC[C@@]26C1=O. The molecule has 6 fully saturated rings. The number of Topliss-reactive ketones (excluding diaryl/α,β-unsaturated/α-hetero) is 4. The van der Waals surface area contributed by atoms with E-state index in [0.29, 0.717) is 12.8 Å². The van der Waals surface area contributed by atoms with Crippen LogP contribution in [0.25, 0.3) is 0 Å². The van der Waals surface area contributed by atoms with Crippen LogP contribution in [0.1, 0.15) is 67.7 Å². The predicted octanol–water partition coefficient (Wildman–Crippen LogP) is 1.73. The Hall–Kier alpha value is -3.33. The number of carbonyl (C=O) groups excluding carboxylic acids is 5. The number of fused-ring (bicyclic) bond motifs is 3. The van der Waals surface area contributed by atoms with E-state index in [1.807, 2.05) is 32.9 Å². The van der Waals surface area contributed by atoms with Crippen molar-refractivity contribution in [1.29, 1.82) is 0 Å². The molecule has 0 aromatic rings. The van der Waals surface area contributed by atoms with Crippen LogP contribution in [0.5, 0.6) is 0 Å². The van der Waals surface area contributed by atoms with Crippen LogP contribution >= 0.6 is 0 Å². The fourth-order valence-corrected chi connectivity index (χ4v) is 14.9. The number of aliphatic hydroxyl groups is 4. The van der Waals surface area contributed by atoms with E-state index in [4.69, 9.17) is 14.2 Å². The van der Waals surface area contributed by atoms with Gasteiger partial charge in [-0.3, -0.25) is 24.0 Å². The lowest BCUT2D eigenvalue weighted by atomic mass is 9.36. The second-order valence-electron chi connectivity index (χ2n) is 18.9. The summed E-state index contributed by atoms with van der Waals surface area (Å²) in [5.74, 6) is -12.4. The molecule has 294 valence electrons. The third kappa shape index (κ3) is 3.20. The van der Waals surface area contributed by atoms with Gasteiger partial charge in [0.1, 0.15) is 10.8 Å². The predicted molar refractivity (Wildman–Crippen MR) is 189 cm³/mol. The van der Waals surface area contributed by atoms with Crippen molar-refractivity contribution in [2.45, 2.75) is 110 Å². The number of amides is 1. The minimum Gasteiger partial charge on any atom is -0.504 e. The number of hydrogen-bond donors (Lipinski definition) is 5. The molecule has 4 bridgehead atoms. The Balaban J connectivity index is 1.33. The molecule has 16 atom stereocenters. The molecule has 5 aliphatic heterocycles. The highest BCUT2D eigenvalue weighted by molar-refractivity contribution is 6.28. The van der Waals surface area contributed by atoms with Gasteiger partial charge >= 0.3 is 0 Å². The van der Waals surface area contributed by atoms with Gasteiger partial charge in [0.05, 0.1) is 54.4 Å². The van der Waals surface area contributed by atoms with Crippen LogP contribution in [-0.4, -0.2) is 105 Å². The maximum absolute atomic E-state index is 16.5. The first-order valence-electron chi connectivity index (χ1n) is 19.8. The van der Waals surface area contributed by atoms with Gasteiger partial charge in [-0.15, -0.1) is 0 Å². The first kappa shape index (κ1) is 36.0. The van der Waals surface area contributed by atoms with E-state index < -0.39 is 123 Å². The van der Waals surface area contributed by atoms with Gasteiger partial charge in [-0.05, 0) is 75.5 Å². The highest BCUT2D eigenvalue weighted by atomic mass is 16.7. The van der Waals surface area contributed by atoms with Crippen molar-refractivity contribution in [3.05, 3.63) is 45.8 Å². The van der Waals surface area contributed by atoms with Crippen LogP contribution < -0.4 is 5.32 Å². The fourth-order valence-electron chi connectivity index (χ4n) is 14.9. The number of allylic oxidation sites excluding steroid dienone is 4. The summed E-state index contributed by atoms with van der Waals surface area (Å²) in [6.45, 7) is 12.3. The van der Waals surface area contributed by atoms with E-state index in [1.54, 1.807) is 0 Å². The Morgan fingerprint density at radius 2 is 1.71 bits per heavy atom. The Labute approximate surface area is 318 Å². The van der Waals surface area contributed by atoms with Crippen molar-refractivity contribution in [1.82, 2.24) is 5.32 Å². The highest BCUT2D eigenvalue weighted by Gasteiger charge is 3.04. The maximum Gasteiger partial charge on any atom is 0.256 e.